The van der Waals surface area contributed by atoms with Gasteiger partial charge in [-0.1, -0.05) is 26.5 Å². The highest BCUT2D eigenvalue weighted by molar-refractivity contribution is 5.84. The average molecular weight is 240 g/mol. The number of carbonyl (C=O) groups excluding carboxylic acids is 2. The number of allylic oxidation sites excluding steroid dienone is 2. The molecule has 0 radical (unpaired) electrons. The van der Waals surface area contributed by atoms with Gasteiger partial charge in [0.15, 0.2) is 0 Å². The van der Waals surface area contributed by atoms with Crippen LogP contribution in [0.3, 0.4) is 0 Å². The van der Waals surface area contributed by atoms with Crippen molar-refractivity contribution in [2.75, 3.05) is 7.11 Å². The Bertz CT molecular complexity index is 281. The number of ether oxygens (including phenoxy) is 1. The summed E-state index contributed by atoms with van der Waals surface area (Å²) in [6.45, 7) is 2.07. The molecule has 3 heteroatoms. The summed E-state index contributed by atoms with van der Waals surface area (Å²) in [5.74, 6) is 0.308. The maximum Gasteiger partial charge on any atom is 0.305 e. The van der Waals surface area contributed by atoms with Crippen LogP contribution in [0.5, 0.6) is 0 Å². The maximum absolute atomic E-state index is 11.7. The molecular weight excluding hydrogens is 216 g/mol. The van der Waals surface area contributed by atoms with Crippen molar-refractivity contribution in [3.8, 4) is 0 Å². The van der Waals surface area contributed by atoms with Crippen molar-refractivity contribution in [1.29, 1.82) is 0 Å². The second-order valence-electron chi connectivity index (χ2n) is 4.27. The van der Waals surface area contributed by atoms with Gasteiger partial charge in [-0.3, -0.25) is 9.59 Å². The Morgan fingerprint density at radius 2 is 2.18 bits per heavy atom. The zero-order valence-electron chi connectivity index (χ0n) is 10.1. The van der Waals surface area contributed by atoms with E-state index in [1.807, 2.05) is 0 Å². The lowest BCUT2D eigenvalue weighted by Gasteiger charge is -2.15. The molecule has 0 unspecified atom stereocenters. The van der Waals surface area contributed by atoms with E-state index in [9.17, 15) is 9.59 Å². The first-order chi connectivity index (χ1) is 7.69. The van der Waals surface area contributed by atoms with Crippen molar-refractivity contribution in [2.45, 2.75) is 46.5 Å². The molecule has 1 saturated carbocycles. The molecule has 0 aromatic rings. The van der Waals surface area contributed by atoms with Gasteiger partial charge in [-0.15, -0.1) is 0 Å². The average Bonchev–Trinajstić information content (AvgIpc) is 2.61. The standard InChI is InChI=1S/C13H20O3.CH4/c1-3-4-5-6-11-10(7-8-12(11)14)9-13(15)16-2;/h4-5,10-11H,3,6-9H2,1-2H3;1H4/b5-4-;/t10-,11-;/m1./s1. The molecule has 1 aliphatic rings. The summed E-state index contributed by atoms with van der Waals surface area (Å²) in [6, 6.07) is 0. The molecule has 0 aromatic carbocycles. The normalized spacial score (nSPS) is 23.8. The molecule has 0 aromatic heterocycles. The lowest BCUT2D eigenvalue weighted by molar-refractivity contribution is -0.142. The summed E-state index contributed by atoms with van der Waals surface area (Å²) in [4.78, 5) is 22.9. The zero-order valence-corrected chi connectivity index (χ0v) is 10.1. The van der Waals surface area contributed by atoms with Crippen molar-refractivity contribution in [1.82, 2.24) is 0 Å². The molecule has 1 fully saturated rings. The molecule has 2 atom stereocenters. The van der Waals surface area contributed by atoms with E-state index in [-0.39, 0.29) is 25.2 Å². The van der Waals surface area contributed by atoms with E-state index >= 15 is 0 Å². The molecule has 1 rings (SSSR count). The van der Waals surface area contributed by atoms with E-state index in [1.54, 1.807) is 0 Å². The minimum atomic E-state index is -0.204. The van der Waals surface area contributed by atoms with Crippen LogP contribution in [0.2, 0.25) is 0 Å². The van der Waals surface area contributed by atoms with E-state index in [4.69, 9.17) is 0 Å². The third kappa shape index (κ3) is 4.72. The Hall–Kier alpha value is -1.12. The fourth-order valence-corrected chi connectivity index (χ4v) is 2.25. The fraction of sp³-hybridized carbons (Fsp3) is 0.714. The van der Waals surface area contributed by atoms with Crippen LogP contribution in [0.1, 0.15) is 46.5 Å². The highest BCUT2D eigenvalue weighted by Gasteiger charge is 2.34. The summed E-state index contributed by atoms with van der Waals surface area (Å²) in [7, 11) is 1.39. The number of methoxy groups -OCH3 is 1. The first-order valence-electron chi connectivity index (χ1n) is 5.93. The summed E-state index contributed by atoms with van der Waals surface area (Å²) >= 11 is 0. The zero-order chi connectivity index (χ0) is 12.0. The van der Waals surface area contributed by atoms with Gasteiger partial charge in [-0.05, 0) is 25.2 Å². The predicted molar refractivity (Wildman–Crippen MR) is 68.6 cm³/mol. The van der Waals surface area contributed by atoms with Crippen molar-refractivity contribution in [3.05, 3.63) is 12.2 Å². The fourth-order valence-electron chi connectivity index (χ4n) is 2.25. The van der Waals surface area contributed by atoms with Crippen molar-refractivity contribution in [2.24, 2.45) is 11.8 Å². The summed E-state index contributed by atoms with van der Waals surface area (Å²) in [5, 5.41) is 0. The second-order valence-corrected chi connectivity index (χ2v) is 4.27. The smallest absolute Gasteiger partial charge is 0.305 e. The topological polar surface area (TPSA) is 43.4 Å². The van der Waals surface area contributed by atoms with E-state index in [0.717, 1.165) is 19.3 Å². The van der Waals surface area contributed by atoms with Crippen LogP contribution >= 0.6 is 0 Å². The largest absolute Gasteiger partial charge is 0.469 e. The molecular formula is C14H24O3. The molecule has 0 amide bonds. The molecule has 0 bridgehead atoms. The summed E-state index contributed by atoms with van der Waals surface area (Å²) in [5.41, 5.74) is 0. The quantitative estimate of drug-likeness (QED) is 0.547. The molecule has 3 nitrogen and oxygen atoms in total. The minimum Gasteiger partial charge on any atom is -0.469 e. The van der Waals surface area contributed by atoms with Gasteiger partial charge in [-0.25, -0.2) is 0 Å². The number of esters is 1. The van der Waals surface area contributed by atoms with E-state index in [0.29, 0.717) is 18.6 Å². The highest BCUT2D eigenvalue weighted by Crippen LogP contribution is 2.34. The van der Waals surface area contributed by atoms with Gasteiger partial charge in [0.25, 0.3) is 0 Å². The van der Waals surface area contributed by atoms with Crippen LogP contribution in [-0.2, 0) is 14.3 Å². The van der Waals surface area contributed by atoms with Gasteiger partial charge in [0, 0.05) is 18.8 Å². The highest BCUT2D eigenvalue weighted by atomic mass is 16.5. The molecule has 17 heavy (non-hydrogen) atoms. The van der Waals surface area contributed by atoms with Crippen LogP contribution in [-0.4, -0.2) is 18.9 Å². The molecule has 0 N–H and O–H groups in total. The van der Waals surface area contributed by atoms with Crippen molar-refractivity contribution >= 4 is 11.8 Å². The SMILES string of the molecule is C.CC/C=C\C[C@H]1C(=O)CC[C@@H]1CC(=O)OC. The number of Topliss-reactive ketones (excluding diaryl/α,β-unsaturated/α-hetero) is 1. The Kier molecular flexibility index (Phi) is 7.51. The Morgan fingerprint density at radius 3 is 2.76 bits per heavy atom. The number of hydrogen-bond donors (Lipinski definition) is 0. The van der Waals surface area contributed by atoms with E-state index in [2.05, 4.69) is 23.8 Å². The summed E-state index contributed by atoms with van der Waals surface area (Å²) in [6.07, 6.45) is 7.72. The molecule has 98 valence electrons. The van der Waals surface area contributed by atoms with Gasteiger partial charge < -0.3 is 4.74 Å². The van der Waals surface area contributed by atoms with E-state index < -0.39 is 0 Å². The second kappa shape index (κ2) is 8.04. The predicted octanol–water partition coefficient (Wildman–Crippen LogP) is 3.14. The number of hydrogen-bond acceptors (Lipinski definition) is 3. The first-order valence-corrected chi connectivity index (χ1v) is 5.93. The van der Waals surface area contributed by atoms with Crippen molar-refractivity contribution in [3.63, 3.8) is 0 Å². The molecule has 0 aliphatic heterocycles. The minimum absolute atomic E-state index is 0. The lowest BCUT2D eigenvalue weighted by atomic mass is 9.89. The summed E-state index contributed by atoms with van der Waals surface area (Å²) < 4.78 is 4.65. The van der Waals surface area contributed by atoms with Crippen LogP contribution in [0.15, 0.2) is 12.2 Å². The monoisotopic (exact) mass is 240 g/mol. The number of ketones is 1. The Morgan fingerprint density at radius 1 is 1.47 bits per heavy atom. The van der Waals surface area contributed by atoms with Crippen molar-refractivity contribution < 1.29 is 14.3 Å². The van der Waals surface area contributed by atoms with Gasteiger partial charge >= 0.3 is 5.97 Å². The first kappa shape index (κ1) is 15.9. The van der Waals surface area contributed by atoms with E-state index in [1.165, 1.54) is 7.11 Å². The molecule has 1 aliphatic carbocycles. The maximum atomic E-state index is 11.7. The molecule has 0 saturated heterocycles. The van der Waals surface area contributed by atoms with Gasteiger partial charge in [-0.2, -0.15) is 0 Å². The van der Waals surface area contributed by atoms with Crippen LogP contribution < -0.4 is 0 Å². The molecule has 0 spiro atoms. The lowest BCUT2D eigenvalue weighted by Crippen LogP contribution is -2.18. The van der Waals surface area contributed by atoms with Crippen LogP contribution in [0.25, 0.3) is 0 Å². The van der Waals surface area contributed by atoms with Crippen LogP contribution in [0.4, 0.5) is 0 Å². The van der Waals surface area contributed by atoms with Gasteiger partial charge in [0.2, 0.25) is 0 Å². The number of rotatable bonds is 5. The molecule has 0 heterocycles. The van der Waals surface area contributed by atoms with Gasteiger partial charge in [0.1, 0.15) is 5.78 Å². The van der Waals surface area contributed by atoms with Gasteiger partial charge in [0.05, 0.1) is 7.11 Å². The number of carbonyl (C=O) groups is 2. The Labute approximate surface area is 104 Å². The third-order valence-electron chi connectivity index (χ3n) is 3.19. The Balaban J connectivity index is 0.00000256. The van der Waals surface area contributed by atoms with Crippen LogP contribution in [0, 0.1) is 11.8 Å². The third-order valence-corrected chi connectivity index (χ3v) is 3.19.